The first-order valence-corrected chi connectivity index (χ1v) is 27.8. The molecule has 0 aliphatic rings. The van der Waals surface area contributed by atoms with Gasteiger partial charge in [-0.05, 0) is 140 Å². The van der Waals surface area contributed by atoms with E-state index in [-0.39, 0.29) is 16.2 Å². The van der Waals surface area contributed by atoms with Crippen LogP contribution in [0.15, 0.2) is 267 Å². The summed E-state index contributed by atoms with van der Waals surface area (Å²) >= 11 is 0. The summed E-state index contributed by atoms with van der Waals surface area (Å²) in [4.78, 5) is 2.34. The van der Waals surface area contributed by atoms with E-state index < -0.39 is 0 Å². The number of anilines is 3. The number of hydrogen-bond donors (Lipinski definition) is 0. The van der Waals surface area contributed by atoms with Crippen LogP contribution in [0.3, 0.4) is 0 Å². The topological polar surface area (TPSA) is 13.1 Å². The molecule has 13 rings (SSSR count). The predicted molar refractivity (Wildman–Crippen MR) is 342 cm³/mol. The van der Waals surface area contributed by atoms with Crippen LogP contribution < -0.4 is 4.90 Å². The van der Waals surface area contributed by atoms with Gasteiger partial charge in [0, 0.05) is 49.7 Å². The van der Waals surface area contributed by atoms with Gasteiger partial charge in [-0.25, -0.2) is 0 Å². The number of para-hydroxylation sites is 5. The third kappa shape index (κ3) is 10.7. The van der Waals surface area contributed by atoms with Crippen molar-refractivity contribution >= 4 is 71.4 Å². The summed E-state index contributed by atoms with van der Waals surface area (Å²) in [6.07, 6.45) is 0. The van der Waals surface area contributed by atoms with E-state index in [1.165, 1.54) is 105 Å². The molecule has 0 aliphatic carbocycles. The van der Waals surface area contributed by atoms with E-state index in [9.17, 15) is 0 Å². The van der Waals surface area contributed by atoms with E-state index in [2.05, 4.69) is 343 Å². The Morgan fingerprint density at radius 2 is 0.646 bits per heavy atom. The van der Waals surface area contributed by atoms with E-state index >= 15 is 0 Å². The smallest absolute Gasteiger partial charge is 0.0541 e. The number of hydrogen-bond acceptors (Lipinski definition) is 1. The zero-order chi connectivity index (χ0) is 54.9. The van der Waals surface area contributed by atoms with Gasteiger partial charge in [-0.1, -0.05) is 238 Å². The van der Waals surface area contributed by atoms with E-state index in [4.69, 9.17) is 0 Å². The second-order valence-electron chi connectivity index (χ2n) is 23.9. The van der Waals surface area contributed by atoms with Crippen molar-refractivity contribution in [2.24, 2.45) is 0 Å². The summed E-state index contributed by atoms with van der Waals surface area (Å²) in [5, 5.41) is 7.74. The van der Waals surface area contributed by atoms with Gasteiger partial charge >= 0.3 is 0 Å². The van der Waals surface area contributed by atoms with Crippen LogP contribution >= 0.6 is 0 Å². The molecular formula is C76H71N3. The lowest BCUT2D eigenvalue weighted by atomic mass is 9.86. The molecule has 0 amide bonds. The average Bonchev–Trinajstić information content (AvgIpc) is 4.23. The average molecular weight is 1030 g/mol. The van der Waals surface area contributed by atoms with E-state index in [0.717, 1.165) is 5.69 Å². The van der Waals surface area contributed by atoms with Crippen molar-refractivity contribution in [1.82, 2.24) is 9.13 Å². The lowest BCUT2D eigenvalue weighted by Crippen LogP contribution is -2.13. The lowest BCUT2D eigenvalue weighted by molar-refractivity contribution is 0.590. The summed E-state index contributed by atoms with van der Waals surface area (Å²) < 4.78 is 4.72. The standard InChI is InChI=1S/C28H25N.C26H25N.C22H21N/c1-28(2,3)22-16-13-20(14-17-22)21-15-18-27-25(19-21)24-11-7-8-12-26(24)29(27)23-9-5-4-6-10-23;1-26(2,3)21-16-18-23(19-17-21)27(22-12-5-4-6-13-22)25-15-9-11-20-10-7-8-14-24(20)25;1-22(2,3)16-13-14-21-19(15-16)18-11-7-8-12-20(18)23(21)17-9-5-4-6-10-17/h4-19H,1-3H3;4-19H,1-3H3;4-15H,1-3H3. The Morgan fingerprint density at radius 1 is 0.266 bits per heavy atom. The van der Waals surface area contributed by atoms with Crippen molar-refractivity contribution in [2.45, 2.75) is 78.6 Å². The van der Waals surface area contributed by atoms with Crippen molar-refractivity contribution in [3.63, 3.8) is 0 Å². The molecule has 0 atom stereocenters. The molecule has 0 unspecified atom stereocenters. The van der Waals surface area contributed by atoms with Crippen molar-refractivity contribution in [3.05, 3.63) is 284 Å². The number of nitrogens with zero attached hydrogens (tertiary/aromatic N) is 3. The Bertz CT molecular complexity index is 4200. The van der Waals surface area contributed by atoms with Crippen LogP contribution in [0.4, 0.5) is 17.1 Å². The van der Waals surface area contributed by atoms with Crippen LogP contribution in [-0.2, 0) is 16.2 Å². The highest BCUT2D eigenvalue weighted by atomic mass is 15.1. The Morgan fingerprint density at radius 3 is 1.18 bits per heavy atom. The van der Waals surface area contributed by atoms with Crippen LogP contribution in [-0.4, -0.2) is 9.13 Å². The number of rotatable bonds is 6. The van der Waals surface area contributed by atoms with E-state index in [1.807, 2.05) is 0 Å². The monoisotopic (exact) mass is 1030 g/mol. The van der Waals surface area contributed by atoms with Crippen LogP contribution in [0, 0.1) is 0 Å². The summed E-state index contributed by atoms with van der Waals surface area (Å²) in [7, 11) is 0. The maximum atomic E-state index is 2.36. The highest BCUT2D eigenvalue weighted by Crippen LogP contribution is 2.41. The third-order valence-electron chi connectivity index (χ3n) is 15.3. The lowest BCUT2D eigenvalue weighted by Gasteiger charge is -2.28. The molecule has 3 nitrogen and oxygen atoms in total. The van der Waals surface area contributed by atoms with Crippen molar-refractivity contribution in [3.8, 4) is 22.5 Å². The van der Waals surface area contributed by atoms with Crippen LogP contribution in [0.1, 0.15) is 79.0 Å². The van der Waals surface area contributed by atoms with Gasteiger partial charge in [-0.3, -0.25) is 0 Å². The second kappa shape index (κ2) is 21.5. The maximum absolute atomic E-state index is 2.36. The van der Waals surface area contributed by atoms with Crippen LogP contribution in [0.5, 0.6) is 0 Å². The fourth-order valence-corrected chi connectivity index (χ4v) is 11.0. The molecule has 0 bridgehead atoms. The Kier molecular flexibility index (Phi) is 14.2. The Labute approximate surface area is 467 Å². The zero-order valence-electron chi connectivity index (χ0n) is 47.2. The molecule has 0 aliphatic heterocycles. The zero-order valence-corrected chi connectivity index (χ0v) is 47.2. The van der Waals surface area contributed by atoms with Gasteiger partial charge in [-0.15, -0.1) is 0 Å². The molecule has 0 saturated carbocycles. The van der Waals surface area contributed by atoms with Gasteiger partial charge in [0.1, 0.15) is 0 Å². The summed E-state index contributed by atoms with van der Waals surface area (Å²) in [6, 6.07) is 95.9. The number of fused-ring (bicyclic) bond motifs is 7. The molecule has 0 fully saturated rings. The van der Waals surface area contributed by atoms with Gasteiger partial charge < -0.3 is 14.0 Å². The fourth-order valence-electron chi connectivity index (χ4n) is 11.0. The molecule has 0 saturated heterocycles. The molecule has 2 aromatic heterocycles. The molecule has 0 N–H and O–H groups in total. The molecule has 11 aromatic carbocycles. The van der Waals surface area contributed by atoms with E-state index in [0.29, 0.717) is 0 Å². The highest BCUT2D eigenvalue weighted by molar-refractivity contribution is 6.11. The van der Waals surface area contributed by atoms with E-state index in [1.54, 1.807) is 0 Å². The molecular weight excluding hydrogens is 955 g/mol. The molecule has 0 radical (unpaired) electrons. The molecule has 13 aromatic rings. The first-order valence-electron chi connectivity index (χ1n) is 27.8. The first kappa shape index (κ1) is 52.1. The van der Waals surface area contributed by atoms with Crippen molar-refractivity contribution in [2.75, 3.05) is 4.90 Å². The molecule has 390 valence electrons. The number of benzene rings is 11. The van der Waals surface area contributed by atoms with Gasteiger partial charge in [0.15, 0.2) is 0 Å². The first-order chi connectivity index (χ1) is 38.1. The largest absolute Gasteiger partial charge is 0.310 e. The number of aromatic nitrogens is 2. The highest BCUT2D eigenvalue weighted by Gasteiger charge is 2.20. The minimum atomic E-state index is 0.148. The van der Waals surface area contributed by atoms with Crippen molar-refractivity contribution in [1.29, 1.82) is 0 Å². The fraction of sp³-hybridized carbons (Fsp3) is 0.158. The second-order valence-corrected chi connectivity index (χ2v) is 23.9. The van der Waals surface area contributed by atoms with Gasteiger partial charge in [0.25, 0.3) is 0 Å². The van der Waals surface area contributed by atoms with Gasteiger partial charge in [0.2, 0.25) is 0 Å². The van der Waals surface area contributed by atoms with Gasteiger partial charge in [0.05, 0.1) is 27.8 Å². The Hall–Kier alpha value is -8.92. The normalized spacial score (nSPS) is 11.9. The van der Waals surface area contributed by atoms with Gasteiger partial charge in [-0.2, -0.15) is 0 Å². The minimum Gasteiger partial charge on any atom is -0.310 e. The molecule has 3 heteroatoms. The van der Waals surface area contributed by atoms with Crippen LogP contribution in [0.2, 0.25) is 0 Å². The Balaban J connectivity index is 0.000000126. The SMILES string of the molecule is CC(C)(C)c1ccc(-c2ccc3c(c2)c2ccccc2n3-c2ccccc2)cc1.CC(C)(C)c1ccc(N(c2ccccc2)c2cccc3ccccc23)cc1.CC(C)(C)c1ccc2c(c1)c1ccccc1n2-c1ccccc1. The predicted octanol–water partition coefficient (Wildman–Crippen LogP) is 21.4. The van der Waals surface area contributed by atoms with Crippen LogP contribution in [0.25, 0.3) is 76.9 Å². The summed E-state index contributed by atoms with van der Waals surface area (Å²) in [5.41, 5.74) is 18.0. The molecule has 79 heavy (non-hydrogen) atoms. The molecule has 0 spiro atoms. The third-order valence-corrected chi connectivity index (χ3v) is 15.3. The minimum absolute atomic E-state index is 0.148. The quantitative estimate of drug-likeness (QED) is 0.162. The summed E-state index contributed by atoms with van der Waals surface area (Å²) in [5.74, 6) is 0. The summed E-state index contributed by atoms with van der Waals surface area (Å²) in [6.45, 7) is 20.3. The maximum Gasteiger partial charge on any atom is 0.0541 e. The van der Waals surface area contributed by atoms with Crippen molar-refractivity contribution < 1.29 is 0 Å². The molecule has 2 heterocycles.